The van der Waals surface area contributed by atoms with E-state index in [0.717, 1.165) is 11.5 Å². The zero-order valence-electron chi connectivity index (χ0n) is 11.1. The van der Waals surface area contributed by atoms with Crippen LogP contribution < -0.4 is 11.5 Å². The summed E-state index contributed by atoms with van der Waals surface area (Å²) in [4.78, 5) is 6.28. The van der Waals surface area contributed by atoms with Gasteiger partial charge < -0.3 is 16.4 Å². The molecule has 0 bridgehead atoms. The number of nitrogens with two attached hydrogens (primary N) is 2. The lowest BCUT2D eigenvalue weighted by Crippen LogP contribution is -2.12. The van der Waals surface area contributed by atoms with E-state index in [1.54, 1.807) is 12.3 Å². The van der Waals surface area contributed by atoms with Crippen LogP contribution in [-0.4, -0.2) is 30.0 Å². The van der Waals surface area contributed by atoms with Crippen molar-refractivity contribution < 1.29 is 2.85 Å². The summed E-state index contributed by atoms with van der Waals surface area (Å²) >= 11 is 0. The third-order valence-corrected chi connectivity index (χ3v) is 2.96. The van der Waals surface area contributed by atoms with Gasteiger partial charge in [-0.2, -0.15) is 0 Å². The van der Waals surface area contributed by atoms with E-state index >= 15 is 0 Å². The summed E-state index contributed by atoms with van der Waals surface area (Å²) in [6.45, 7) is 6.83. The fourth-order valence-electron chi connectivity index (χ4n) is 1.84. The highest BCUT2D eigenvalue weighted by atomic mass is 15.1. The minimum absolute atomic E-state index is 0. The van der Waals surface area contributed by atoms with Crippen molar-refractivity contribution in [2.75, 3.05) is 25.9 Å². The molecule has 1 fully saturated rings. The van der Waals surface area contributed by atoms with Gasteiger partial charge in [0.1, 0.15) is 5.82 Å². The van der Waals surface area contributed by atoms with Gasteiger partial charge in [0.15, 0.2) is 0 Å². The fourth-order valence-corrected chi connectivity index (χ4v) is 1.84. The second kappa shape index (κ2) is 6.57. The van der Waals surface area contributed by atoms with Gasteiger partial charge in [-0.3, -0.25) is 0 Å². The summed E-state index contributed by atoms with van der Waals surface area (Å²) in [5, 5.41) is 0. The van der Waals surface area contributed by atoms with Gasteiger partial charge in [-0.15, -0.1) is 0 Å². The molecule has 0 spiro atoms. The number of nitrogen functional groups attached to an aromatic ring is 1. The first-order chi connectivity index (χ1) is 7.99. The van der Waals surface area contributed by atoms with Crippen molar-refractivity contribution in [3.05, 3.63) is 23.9 Å². The van der Waals surface area contributed by atoms with Gasteiger partial charge in [0, 0.05) is 21.6 Å². The van der Waals surface area contributed by atoms with Crippen LogP contribution in [0.15, 0.2) is 18.3 Å². The van der Waals surface area contributed by atoms with E-state index in [9.17, 15) is 0 Å². The largest absolute Gasteiger partial charge is 0.384 e. The van der Waals surface area contributed by atoms with Crippen LogP contribution in [0.25, 0.3) is 0 Å². The highest BCUT2D eigenvalue weighted by Gasteiger charge is 2.13. The zero-order valence-corrected chi connectivity index (χ0v) is 11.1. The number of aromatic nitrogens is 1. The third-order valence-electron chi connectivity index (χ3n) is 2.96. The second-order valence-electron chi connectivity index (χ2n) is 4.96. The molecule has 1 aliphatic rings. The Kier molecular flexibility index (Phi) is 5.38. The maximum Gasteiger partial charge on any atom is 0.123 e. The van der Waals surface area contributed by atoms with Crippen LogP contribution in [-0.2, 0) is 0 Å². The van der Waals surface area contributed by atoms with Gasteiger partial charge in [0.05, 0.1) is 0 Å². The maximum atomic E-state index is 5.58. The van der Waals surface area contributed by atoms with E-state index in [0.29, 0.717) is 5.82 Å². The molecule has 2 rings (SSSR count). The molecule has 4 heteroatoms. The SMILES string of the molecule is CC(N)c1ccc(N)nc1.CC1CCN(C)C1.[HH].[HH]. The molecule has 2 unspecified atom stereocenters. The predicted octanol–water partition coefficient (Wildman–Crippen LogP) is 2.13. The van der Waals surface area contributed by atoms with E-state index in [4.69, 9.17) is 11.5 Å². The minimum atomic E-state index is 0. The number of nitrogens with zero attached hydrogens (tertiary/aromatic N) is 2. The van der Waals surface area contributed by atoms with Crippen LogP contribution in [0.4, 0.5) is 5.82 Å². The molecule has 4 nitrogen and oxygen atoms in total. The number of hydrogen-bond acceptors (Lipinski definition) is 4. The van der Waals surface area contributed by atoms with E-state index < -0.39 is 0 Å². The molecule has 4 N–H and O–H groups in total. The van der Waals surface area contributed by atoms with E-state index in [1.807, 2.05) is 13.0 Å². The summed E-state index contributed by atoms with van der Waals surface area (Å²) in [7, 11) is 2.18. The van der Waals surface area contributed by atoms with Crippen molar-refractivity contribution in [1.29, 1.82) is 0 Å². The smallest absolute Gasteiger partial charge is 0.123 e. The summed E-state index contributed by atoms with van der Waals surface area (Å²) in [5.41, 5.74) is 12.0. The van der Waals surface area contributed by atoms with Gasteiger partial charge in [-0.25, -0.2) is 4.98 Å². The maximum absolute atomic E-state index is 5.58. The lowest BCUT2D eigenvalue weighted by molar-refractivity contribution is 0.402. The van der Waals surface area contributed by atoms with Gasteiger partial charge in [0.2, 0.25) is 0 Å². The Morgan fingerprint density at radius 1 is 1.53 bits per heavy atom. The van der Waals surface area contributed by atoms with Crippen molar-refractivity contribution in [3.8, 4) is 0 Å². The molecule has 0 aliphatic carbocycles. The monoisotopic (exact) mass is 240 g/mol. The van der Waals surface area contributed by atoms with Crippen LogP contribution >= 0.6 is 0 Å². The zero-order chi connectivity index (χ0) is 12.8. The van der Waals surface area contributed by atoms with Gasteiger partial charge >= 0.3 is 0 Å². The van der Waals surface area contributed by atoms with Crippen molar-refractivity contribution in [2.45, 2.75) is 26.3 Å². The Bertz CT molecular complexity index is 322. The molecule has 2 heterocycles. The van der Waals surface area contributed by atoms with Gasteiger partial charge in [-0.05, 0) is 44.5 Å². The Morgan fingerprint density at radius 3 is 2.53 bits per heavy atom. The summed E-state index contributed by atoms with van der Waals surface area (Å²) < 4.78 is 0. The molecule has 0 aromatic carbocycles. The Hall–Kier alpha value is -1.13. The van der Waals surface area contributed by atoms with Gasteiger partial charge in [0.25, 0.3) is 0 Å². The molecule has 0 radical (unpaired) electrons. The van der Waals surface area contributed by atoms with Crippen LogP contribution in [0.2, 0.25) is 0 Å². The second-order valence-corrected chi connectivity index (χ2v) is 4.96. The number of pyridine rings is 1. The quantitative estimate of drug-likeness (QED) is 0.789. The Labute approximate surface area is 107 Å². The van der Waals surface area contributed by atoms with Crippen LogP contribution in [0.3, 0.4) is 0 Å². The number of rotatable bonds is 1. The van der Waals surface area contributed by atoms with Gasteiger partial charge in [-0.1, -0.05) is 13.0 Å². The van der Waals surface area contributed by atoms with Crippen molar-refractivity contribution in [1.82, 2.24) is 9.88 Å². The minimum Gasteiger partial charge on any atom is -0.384 e. The molecule has 1 aliphatic heterocycles. The molecular weight excluding hydrogens is 212 g/mol. The predicted molar refractivity (Wildman–Crippen MR) is 76.8 cm³/mol. The molecular formula is C13H28N4. The molecule has 17 heavy (non-hydrogen) atoms. The molecule has 1 saturated heterocycles. The first kappa shape index (κ1) is 13.9. The first-order valence-electron chi connectivity index (χ1n) is 6.14. The topological polar surface area (TPSA) is 68.2 Å². The summed E-state index contributed by atoms with van der Waals surface area (Å²) in [6, 6.07) is 3.67. The Balaban J connectivity index is 0. The molecule has 100 valence electrons. The average Bonchev–Trinajstić information content (AvgIpc) is 2.64. The van der Waals surface area contributed by atoms with Crippen LogP contribution in [0.5, 0.6) is 0 Å². The van der Waals surface area contributed by atoms with E-state index in [-0.39, 0.29) is 8.90 Å². The lowest BCUT2D eigenvalue weighted by atomic mass is 10.2. The van der Waals surface area contributed by atoms with E-state index in [2.05, 4.69) is 23.9 Å². The fraction of sp³-hybridized carbons (Fsp3) is 0.615. The molecule has 0 saturated carbocycles. The normalized spacial score (nSPS) is 21.8. The van der Waals surface area contributed by atoms with Crippen LogP contribution in [0.1, 0.15) is 34.7 Å². The number of anilines is 1. The van der Waals surface area contributed by atoms with E-state index in [1.165, 1.54) is 19.5 Å². The Morgan fingerprint density at radius 2 is 2.24 bits per heavy atom. The molecule has 1 aromatic heterocycles. The van der Waals surface area contributed by atoms with Crippen molar-refractivity contribution in [3.63, 3.8) is 0 Å². The molecule has 0 amide bonds. The third kappa shape index (κ3) is 5.15. The highest BCUT2D eigenvalue weighted by Crippen LogP contribution is 2.11. The number of likely N-dealkylation sites (tertiary alicyclic amines) is 1. The number of hydrogen-bond donors (Lipinski definition) is 2. The molecule has 1 aromatic rings. The van der Waals surface area contributed by atoms with Crippen molar-refractivity contribution >= 4 is 5.82 Å². The van der Waals surface area contributed by atoms with Crippen molar-refractivity contribution in [2.24, 2.45) is 11.7 Å². The summed E-state index contributed by atoms with van der Waals surface area (Å²) in [5.74, 6) is 1.48. The lowest BCUT2D eigenvalue weighted by Gasteiger charge is -2.03. The standard InChI is InChI=1S/C7H11N3.C6H13N.2H2/c1-5(8)6-2-3-7(9)10-4-6;1-6-3-4-7(2)5-6;;/h2-5H,8H2,1H3,(H2,9,10);6H,3-5H2,1-2H3;2*1H. The molecule has 2 atom stereocenters. The highest BCUT2D eigenvalue weighted by molar-refractivity contribution is 5.30. The summed E-state index contributed by atoms with van der Waals surface area (Å²) in [6.07, 6.45) is 3.09. The first-order valence-corrected chi connectivity index (χ1v) is 6.14. The average molecular weight is 240 g/mol. The van der Waals surface area contributed by atoms with Crippen LogP contribution in [0, 0.1) is 5.92 Å².